The summed E-state index contributed by atoms with van der Waals surface area (Å²) in [6, 6.07) is 0. The van der Waals surface area contributed by atoms with Gasteiger partial charge in [-0.15, -0.1) is 0 Å². The average molecular weight is 1350 g/mol. The Morgan fingerprint density at radius 3 is 1.63 bits per heavy atom. The third-order valence-corrected chi connectivity index (χ3v) is 24.8. The van der Waals surface area contributed by atoms with Gasteiger partial charge in [0.05, 0.1) is 57.5 Å². The van der Waals surface area contributed by atoms with Gasteiger partial charge in [-0.1, -0.05) is 66.2 Å². The molecule has 9 fully saturated rings. The molecule has 17 N–H and O–H groups in total. The number of esters is 1. The lowest BCUT2D eigenvalue weighted by Crippen LogP contribution is -2.69. The third-order valence-electron chi connectivity index (χ3n) is 24.8. The van der Waals surface area contributed by atoms with Crippen molar-refractivity contribution in [2.24, 2.45) is 50.2 Å². The van der Waals surface area contributed by atoms with Crippen molar-refractivity contribution in [2.75, 3.05) is 33.0 Å². The first-order valence-corrected chi connectivity index (χ1v) is 33.4. The van der Waals surface area contributed by atoms with Crippen molar-refractivity contribution in [3.05, 3.63) is 23.3 Å². The summed E-state index contributed by atoms with van der Waals surface area (Å²) in [5, 5.41) is 187. The van der Waals surface area contributed by atoms with Gasteiger partial charge in [0.15, 0.2) is 37.6 Å². The number of carbonyl (C=O) groups excluding carboxylic acids is 1. The van der Waals surface area contributed by atoms with E-state index >= 15 is 0 Å². The number of allylic oxidation sites excluding steroid dienone is 3. The molecule has 0 amide bonds. The number of hydrogen-bond donors (Lipinski definition) is 17. The highest BCUT2D eigenvalue weighted by atomic mass is 16.8. The smallest absolute Gasteiger partial charge is 0.333 e. The van der Waals surface area contributed by atoms with Gasteiger partial charge in [0.25, 0.3) is 0 Å². The molecule has 29 heteroatoms. The molecule has 0 radical (unpaired) electrons. The van der Waals surface area contributed by atoms with Gasteiger partial charge < -0.3 is 139 Å². The maximum atomic E-state index is 13.4. The highest BCUT2D eigenvalue weighted by Gasteiger charge is 2.71. The van der Waals surface area contributed by atoms with Crippen LogP contribution in [0.1, 0.15) is 121 Å². The van der Waals surface area contributed by atoms with Crippen LogP contribution in [-0.4, -0.2) is 298 Å². The van der Waals surface area contributed by atoms with Crippen LogP contribution >= 0.6 is 0 Å². The molecule has 0 bridgehead atoms. The lowest BCUT2D eigenvalue weighted by Gasteiger charge is -2.72. The van der Waals surface area contributed by atoms with Crippen molar-refractivity contribution in [1.29, 1.82) is 0 Å². The first kappa shape index (κ1) is 74.6. The molecule has 5 aliphatic carbocycles. The van der Waals surface area contributed by atoms with Crippen LogP contribution in [-0.2, 0) is 56.9 Å². The van der Waals surface area contributed by atoms with Crippen molar-refractivity contribution >= 4 is 5.97 Å². The molecule has 0 aromatic rings. The summed E-state index contributed by atoms with van der Waals surface area (Å²) in [5.41, 5.74) is -2.51. The number of ether oxygens (including phenoxy) is 11. The number of rotatable bonds is 17. The van der Waals surface area contributed by atoms with Gasteiger partial charge in [0, 0.05) is 11.0 Å². The van der Waals surface area contributed by atoms with E-state index in [0.717, 1.165) is 18.4 Å². The van der Waals surface area contributed by atoms with Crippen LogP contribution in [0.2, 0.25) is 0 Å². The zero-order valence-electron chi connectivity index (χ0n) is 55.2. The van der Waals surface area contributed by atoms with Gasteiger partial charge in [-0.05, 0) is 117 Å². The Bertz CT molecular complexity index is 2660. The van der Waals surface area contributed by atoms with Crippen LogP contribution in [0.15, 0.2) is 23.3 Å². The van der Waals surface area contributed by atoms with E-state index in [1.165, 1.54) is 19.9 Å². The lowest BCUT2D eigenvalue weighted by atomic mass is 9.33. The molecule has 5 aliphatic heterocycles. The monoisotopic (exact) mass is 1350 g/mol. The predicted molar refractivity (Wildman–Crippen MR) is 320 cm³/mol. The molecule has 0 spiro atoms. The van der Waals surface area contributed by atoms with E-state index in [1.807, 2.05) is 13.8 Å². The fourth-order valence-corrected chi connectivity index (χ4v) is 18.4. The lowest BCUT2D eigenvalue weighted by molar-refractivity contribution is -0.374. The molecule has 94 heavy (non-hydrogen) atoms. The molecule has 10 rings (SSSR count). The largest absolute Gasteiger partial charge is 0.451 e. The number of fused-ring (bicyclic) bond motifs is 7. The zero-order valence-corrected chi connectivity index (χ0v) is 55.2. The van der Waals surface area contributed by atoms with Gasteiger partial charge in [-0.2, -0.15) is 0 Å². The van der Waals surface area contributed by atoms with Gasteiger partial charge in [0.2, 0.25) is 0 Å². The summed E-state index contributed by atoms with van der Waals surface area (Å²) in [5.74, 6) is -1.09. The molecule has 0 unspecified atom stereocenters. The summed E-state index contributed by atoms with van der Waals surface area (Å²) in [6.45, 7) is 16.7. The number of aliphatic hydroxyl groups is 17. The van der Waals surface area contributed by atoms with Crippen molar-refractivity contribution in [2.45, 2.75) is 292 Å². The third kappa shape index (κ3) is 12.8. The topological polar surface area (TPSA) is 463 Å². The van der Waals surface area contributed by atoms with Crippen LogP contribution in [0, 0.1) is 50.2 Å². The van der Waals surface area contributed by atoms with Crippen LogP contribution in [0.3, 0.4) is 0 Å². The average Bonchev–Trinajstić information content (AvgIpc) is 0.674. The normalized spacial score (nSPS) is 52.7. The maximum Gasteiger partial charge on any atom is 0.333 e. The minimum absolute atomic E-state index is 0.0235. The van der Waals surface area contributed by atoms with E-state index in [4.69, 9.17) is 52.1 Å². The Hall–Kier alpha value is -2.13. The number of hydrogen-bond acceptors (Lipinski definition) is 29. The standard InChI is InChI=1S/C65H106O29/c1-11-26(2)54(83)93-51-46(77)41(72)33(24-85-56-48(79)44(75)39(70)31(22-67)89-56)91-59(51)92-36-15-16-62(8)34(61(36,6)7)14-17-64(10)35(62)13-12-28-29-20-60(4,5)52(81)53(82)65(29,19-18-63(28,64)9)25-86-58-50(94-57-49(80)42(73)37(68)27(3)87-57)45(76)40(71)32(90-58)23-84-55-47(78)43(74)38(69)30(21-66)88-55/h11-12,27,29-53,55-59,66-82H,13-25H2,1-10H3/t27-,29-,30+,31+,32+,33+,34-,35+,36-,37-,38+,39+,40+,41+,42+,43-,44-,45-,46-,47+,48+,49+,50+,51+,52-,53-,55+,56+,57-,58+,59-,62-,63+,64+,65-/m0/s1. The van der Waals surface area contributed by atoms with Crippen LogP contribution in [0.5, 0.6) is 0 Å². The Morgan fingerprint density at radius 2 is 1.06 bits per heavy atom. The molecule has 29 nitrogen and oxygen atoms in total. The van der Waals surface area contributed by atoms with Gasteiger partial charge in [-0.3, -0.25) is 0 Å². The van der Waals surface area contributed by atoms with Crippen molar-refractivity contribution in [3.8, 4) is 0 Å². The Morgan fingerprint density at radius 1 is 0.543 bits per heavy atom. The van der Waals surface area contributed by atoms with E-state index in [0.29, 0.717) is 38.5 Å². The van der Waals surface area contributed by atoms with E-state index < -0.39 is 232 Å². The van der Waals surface area contributed by atoms with Gasteiger partial charge in [-0.25, -0.2) is 4.79 Å². The second kappa shape index (κ2) is 28.0. The Kier molecular flexibility index (Phi) is 22.2. The van der Waals surface area contributed by atoms with Crippen LogP contribution in [0.4, 0.5) is 0 Å². The Labute approximate surface area is 547 Å². The molecule has 4 saturated carbocycles. The van der Waals surface area contributed by atoms with Crippen molar-refractivity contribution in [3.63, 3.8) is 0 Å². The van der Waals surface area contributed by atoms with Crippen LogP contribution in [0.25, 0.3) is 0 Å². The quantitative estimate of drug-likeness (QED) is 0.0294. The van der Waals surface area contributed by atoms with E-state index in [2.05, 4.69) is 40.7 Å². The van der Waals surface area contributed by atoms with E-state index in [9.17, 15) is 91.6 Å². The Balaban J connectivity index is 0.906. The summed E-state index contributed by atoms with van der Waals surface area (Å²) >= 11 is 0. The zero-order chi connectivity index (χ0) is 69.0. The molecule has 5 heterocycles. The summed E-state index contributed by atoms with van der Waals surface area (Å²) in [4.78, 5) is 13.4. The maximum absolute atomic E-state index is 13.4. The van der Waals surface area contributed by atoms with E-state index in [-0.39, 0.29) is 34.8 Å². The number of carbonyl (C=O) groups is 1. The molecule has 0 aromatic carbocycles. The first-order valence-electron chi connectivity index (χ1n) is 33.4. The summed E-state index contributed by atoms with van der Waals surface area (Å²) in [7, 11) is 0. The molecule has 10 aliphatic rings. The SMILES string of the molecule is CC=C(C)C(=O)O[C@H]1[C@H](O[C@H]2CC[C@]3(C)[C@H]4CC=C5[C@@H]6CC(C)(C)[C@@H](O)[C@H](O)[C@]6(CO[C@@H]6O[C@H](CO[C@@H]7O[C@H](CO)[C@@H](O)[C@H](O)[C@H]7O)[C@@H](O)[C@H](O)[C@H]6O[C@@H]6O[C@@H](C)[C@H](O)[C@@H](O)[C@H]6O)CC[C@@]5(C)[C@]4(C)CC[C@H]3C2(C)C)O[C@H](CO[C@@H]2O[C@H](CO)[C@@H](O)[C@H](O)[C@H]2O)[C@@H](O)[C@@H]1O. The summed E-state index contributed by atoms with van der Waals surface area (Å²) in [6.07, 6.45) is -35.6. The van der Waals surface area contributed by atoms with Gasteiger partial charge in [0.1, 0.15) is 110 Å². The fraction of sp³-hybridized carbons (Fsp3) is 0.923. The second-order valence-corrected chi connectivity index (χ2v) is 30.7. The van der Waals surface area contributed by atoms with Gasteiger partial charge >= 0.3 is 5.97 Å². The molecular weight excluding hydrogens is 1240 g/mol. The molecule has 540 valence electrons. The molecule has 5 saturated heterocycles. The molecular formula is C65H106O29. The van der Waals surface area contributed by atoms with Crippen molar-refractivity contribution < 1.29 is 144 Å². The first-order chi connectivity index (χ1) is 44.0. The van der Waals surface area contributed by atoms with Crippen LogP contribution < -0.4 is 0 Å². The minimum Gasteiger partial charge on any atom is -0.451 e. The second-order valence-electron chi connectivity index (χ2n) is 30.7. The minimum atomic E-state index is -1.92. The number of aliphatic hydroxyl groups excluding tert-OH is 17. The van der Waals surface area contributed by atoms with Crippen molar-refractivity contribution in [1.82, 2.24) is 0 Å². The van der Waals surface area contributed by atoms with E-state index in [1.54, 1.807) is 6.92 Å². The predicted octanol–water partition coefficient (Wildman–Crippen LogP) is -3.25. The highest BCUT2D eigenvalue weighted by Crippen LogP contribution is 2.76. The summed E-state index contributed by atoms with van der Waals surface area (Å²) < 4.78 is 66.9. The molecule has 0 aromatic heterocycles. The highest BCUT2D eigenvalue weighted by molar-refractivity contribution is 5.87. The molecule has 35 atom stereocenters. The fourth-order valence-electron chi connectivity index (χ4n) is 18.4.